The fourth-order valence-corrected chi connectivity index (χ4v) is 3.11. The van der Waals surface area contributed by atoms with Crippen LogP contribution in [0.1, 0.15) is 11.1 Å². The molecule has 0 aliphatic heterocycles. The van der Waals surface area contributed by atoms with Crippen molar-refractivity contribution in [3.8, 4) is 0 Å². The Bertz CT molecular complexity index is 1020. The lowest BCUT2D eigenvalue weighted by atomic mass is 10.1. The van der Waals surface area contributed by atoms with Gasteiger partial charge in [-0.25, -0.2) is 4.98 Å². The molecule has 0 fully saturated rings. The fourth-order valence-electron chi connectivity index (χ4n) is 2.99. The van der Waals surface area contributed by atoms with Crippen LogP contribution < -0.4 is 5.32 Å². The molecule has 1 heterocycles. The van der Waals surface area contributed by atoms with Gasteiger partial charge in [0.05, 0.1) is 16.7 Å². The van der Waals surface area contributed by atoms with Crippen molar-refractivity contribution in [3.63, 3.8) is 0 Å². The lowest BCUT2D eigenvalue weighted by Gasteiger charge is -2.14. The minimum Gasteiger partial charge on any atom is -0.380 e. The number of aromatic nitrogens is 1. The maximum atomic E-state index is 5.97. The van der Waals surface area contributed by atoms with Crippen molar-refractivity contribution >= 4 is 39.1 Å². The van der Waals surface area contributed by atoms with Crippen LogP contribution in [-0.4, -0.2) is 4.98 Å². The SMILES string of the molecule is Cc1ccc2nc3ccccc3c(NCc3ccc(Cl)cc3)c2c1. The normalized spacial score (nSPS) is 11.1. The largest absolute Gasteiger partial charge is 0.380 e. The van der Waals surface area contributed by atoms with Crippen molar-refractivity contribution in [2.45, 2.75) is 13.5 Å². The molecular formula is C21H17ClN2. The van der Waals surface area contributed by atoms with Gasteiger partial charge in [0, 0.05) is 22.3 Å². The van der Waals surface area contributed by atoms with Crippen LogP contribution in [0, 0.1) is 6.92 Å². The Hall–Kier alpha value is -2.58. The number of aryl methyl sites for hydroxylation is 1. The van der Waals surface area contributed by atoms with Crippen molar-refractivity contribution in [2.75, 3.05) is 5.32 Å². The molecule has 0 amide bonds. The van der Waals surface area contributed by atoms with E-state index in [1.54, 1.807) is 0 Å². The molecule has 1 aromatic heterocycles. The third-order valence-electron chi connectivity index (χ3n) is 4.22. The Labute approximate surface area is 146 Å². The molecule has 0 bridgehead atoms. The van der Waals surface area contributed by atoms with Gasteiger partial charge in [-0.1, -0.05) is 53.6 Å². The van der Waals surface area contributed by atoms with Crippen molar-refractivity contribution in [2.24, 2.45) is 0 Å². The van der Waals surface area contributed by atoms with Gasteiger partial charge in [0.2, 0.25) is 0 Å². The third-order valence-corrected chi connectivity index (χ3v) is 4.47. The summed E-state index contributed by atoms with van der Waals surface area (Å²) in [5, 5.41) is 6.67. The van der Waals surface area contributed by atoms with Gasteiger partial charge in [-0.3, -0.25) is 0 Å². The molecule has 24 heavy (non-hydrogen) atoms. The zero-order valence-corrected chi connectivity index (χ0v) is 14.1. The average Bonchev–Trinajstić information content (AvgIpc) is 2.60. The molecule has 1 N–H and O–H groups in total. The highest BCUT2D eigenvalue weighted by molar-refractivity contribution is 6.30. The lowest BCUT2D eigenvalue weighted by Crippen LogP contribution is -2.01. The standard InChI is InChI=1S/C21H17ClN2/c1-14-6-11-20-18(12-14)21(17-4-2-3-5-19(17)24-20)23-13-15-7-9-16(22)10-8-15/h2-12H,13H2,1H3,(H,23,24). The predicted octanol–water partition coefficient (Wildman–Crippen LogP) is 5.96. The number of nitrogens with one attached hydrogen (secondary N) is 1. The number of rotatable bonds is 3. The second kappa shape index (κ2) is 6.14. The second-order valence-electron chi connectivity index (χ2n) is 6.00. The van der Waals surface area contributed by atoms with E-state index in [0.717, 1.165) is 39.1 Å². The number of halogens is 1. The minimum atomic E-state index is 0.744. The van der Waals surface area contributed by atoms with Crippen molar-refractivity contribution in [1.82, 2.24) is 4.98 Å². The highest BCUT2D eigenvalue weighted by atomic mass is 35.5. The average molecular weight is 333 g/mol. The fraction of sp³-hybridized carbons (Fsp3) is 0.0952. The molecular weight excluding hydrogens is 316 g/mol. The summed E-state index contributed by atoms with van der Waals surface area (Å²) >= 11 is 5.97. The first kappa shape index (κ1) is 15.0. The molecule has 0 saturated carbocycles. The minimum absolute atomic E-state index is 0.744. The van der Waals surface area contributed by atoms with Gasteiger partial charge in [-0.2, -0.15) is 0 Å². The van der Waals surface area contributed by atoms with E-state index in [-0.39, 0.29) is 0 Å². The number of nitrogens with zero attached hydrogens (tertiary/aromatic N) is 1. The molecule has 0 spiro atoms. The summed E-state index contributed by atoms with van der Waals surface area (Å²) in [6.45, 7) is 2.85. The number of benzene rings is 3. The van der Waals surface area contributed by atoms with E-state index >= 15 is 0 Å². The monoisotopic (exact) mass is 332 g/mol. The Morgan fingerprint density at radius 3 is 2.46 bits per heavy atom. The van der Waals surface area contributed by atoms with Gasteiger partial charge >= 0.3 is 0 Å². The highest BCUT2D eigenvalue weighted by Gasteiger charge is 2.09. The van der Waals surface area contributed by atoms with Gasteiger partial charge in [0.25, 0.3) is 0 Å². The van der Waals surface area contributed by atoms with Crippen LogP contribution in [0.3, 0.4) is 0 Å². The molecule has 0 atom stereocenters. The van der Waals surface area contributed by atoms with E-state index in [1.807, 2.05) is 30.3 Å². The highest BCUT2D eigenvalue weighted by Crippen LogP contribution is 2.31. The third kappa shape index (κ3) is 2.81. The molecule has 0 aliphatic carbocycles. The topological polar surface area (TPSA) is 24.9 Å². The van der Waals surface area contributed by atoms with Crippen LogP contribution in [0.5, 0.6) is 0 Å². The zero-order valence-electron chi connectivity index (χ0n) is 13.4. The molecule has 4 rings (SSSR count). The number of fused-ring (bicyclic) bond motifs is 2. The van der Waals surface area contributed by atoms with Gasteiger partial charge in [0.1, 0.15) is 0 Å². The summed E-state index contributed by atoms with van der Waals surface area (Å²) in [5.41, 5.74) is 5.58. The first-order chi connectivity index (χ1) is 11.7. The molecule has 3 heteroatoms. The van der Waals surface area contributed by atoms with E-state index in [0.29, 0.717) is 0 Å². The molecule has 118 valence electrons. The van der Waals surface area contributed by atoms with Crippen LogP contribution in [0.15, 0.2) is 66.7 Å². The zero-order chi connectivity index (χ0) is 16.5. The van der Waals surface area contributed by atoms with Crippen LogP contribution in [0.4, 0.5) is 5.69 Å². The number of pyridine rings is 1. The second-order valence-corrected chi connectivity index (χ2v) is 6.44. The van der Waals surface area contributed by atoms with Crippen molar-refractivity contribution in [3.05, 3.63) is 82.9 Å². The van der Waals surface area contributed by atoms with Crippen molar-refractivity contribution in [1.29, 1.82) is 0 Å². The molecule has 0 radical (unpaired) electrons. The van der Waals surface area contributed by atoms with E-state index < -0.39 is 0 Å². The summed E-state index contributed by atoms with van der Waals surface area (Å²) in [5.74, 6) is 0. The summed E-state index contributed by atoms with van der Waals surface area (Å²) in [6.07, 6.45) is 0. The van der Waals surface area contributed by atoms with Crippen LogP contribution in [0.2, 0.25) is 5.02 Å². The number of hydrogen-bond acceptors (Lipinski definition) is 2. The van der Waals surface area contributed by atoms with E-state index in [9.17, 15) is 0 Å². The van der Waals surface area contributed by atoms with Gasteiger partial charge in [0.15, 0.2) is 0 Å². The summed E-state index contributed by atoms with van der Waals surface area (Å²) in [4.78, 5) is 4.79. The predicted molar refractivity (Wildman–Crippen MR) is 103 cm³/mol. The first-order valence-corrected chi connectivity index (χ1v) is 8.36. The number of para-hydroxylation sites is 1. The smallest absolute Gasteiger partial charge is 0.0730 e. The first-order valence-electron chi connectivity index (χ1n) is 7.98. The lowest BCUT2D eigenvalue weighted by molar-refractivity contribution is 1.16. The summed E-state index contributed by atoms with van der Waals surface area (Å²) in [7, 11) is 0. The molecule has 0 aliphatic rings. The van der Waals surface area contributed by atoms with Crippen LogP contribution >= 0.6 is 11.6 Å². The molecule has 0 unspecified atom stereocenters. The van der Waals surface area contributed by atoms with Crippen LogP contribution in [0.25, 0.3) is 21.8 Å². The van der Waals surface area contributed by atoms with Gasteiger partial charge < -0.3 is 5.32 Å². The molecule has 0 saturated heterocycles. The Kier molecular flexibility index (Phi) is 3.83. The Morgan fingerprint density at radius 1 is 0.875 bits per heavy atom. The van der Waals surface area contributed by atoms with Crippen molar-refractivity contribution < 1.29 is 0 Å². The summed E-state index contributed by atoms with van der Waals surface area (Å²) < 4.78 is 0. The van der Waals surface area contributed by atoms with Crippen LogP contribution in [-0.2, 0) is 6.54 Å². The quantitative estimate of drug-likeness (QED) is 0.468. The Balaban J connectivity index is 1.83. The maximum absolute atomic E-state index is 5.97. The van der Waals surface area contributed by atoms with E-state index in [4.69, 9.17) is 16.6 Å². The number of hydrogen-bond donors (Lipinski definition) is 1. The summed E-state index contributed by atoms with van der Waals surface area (Å²) in [6, 6.07) is 22.6. The Morgan fingerprint density at radius 2 is 1.62 bits per heavy atom. The molecule has 2 nitrogen and oxygen atoms in total. The van der Waals surface area contributed by atoms with Gasteiger partial charge in [-0.15, -0.1) is 0 Å². The maximum Gasteiger partial charge on any atom is 0.0730 e. The molecule has 3 aromatic carbocycles. The van der Waals surface area contributed by atoms with E-state index in [2.05, 4.69) is 48.6 Å². The van der Waals surface area contributed by atoms with E-state index in [1.165, 1.54) is 11.1 Å². The molecule has 4 aromatic rings. The van der Waals surface area contributed by atoms with Gasteiger partial charge in [-0.05, 0) is 42.8 Å². The number of anilines is 1.